The van der Waals surface area contributed by atoms with Crippen LogP contribution in [0.15, 0.2) is 58.6 Å². The van der Waals surface area contributed by atoms with Crippen molar-refractivity contribution in [3.8, 4) is 11.1 Å². The maximum absolute atomic E-state index is 12.1. The fourth-order valence-electron chi connectivity index (χ4n) is 1.92. The van der Waals surface area contributed by atoms with Gasteiger partial charge in [-0.15, -0.1) is 11.3 Å². The molecule has 0 fully saturated rings. The van der Waals surface area contributed by atoms with Crippen LogP contribution in [0.5, 0.6) is 0 Å². The van der Waals surface area contributed by atoms with Crippen LogP contribution in [0.4, 0.5) is 0 Å². The number of carbonyl (C=O) groups is 1. The zero-order valence-corrected chi connectivity index (χ0v) is 12.9. The van der Waals surface area contributed by atoms with Gasteiger partial charge < -0.3 is 0 Å². The molecule has 100 valence electrons. The van der Waals surface area contributed by atoms with E-state index in [0.29, 0.717) is 0 Å². The summed E-state index contributed by atoms with van der Waals surface area (Å²) in [5, 5.41) is 4.25. The van der Waals surface area contributed by atoms with Crippen LogP contribution in [0.25, 0.3) is 11.1 Å². The first-order valence-corrected chi connectivity index (χ1v) is 7.70. The minimum atomic E-state index is 0.0726. The lowest BCUT2D eigenvalue weighted by atomic mass is 10.1. The Bertz CT molecular complexity index is 733. The Balaban J connectivity index is 1.76. The summed E-state index contributed by atoms with van der Waals surface area (Å²) in [4.78, 5) is 12.8. The third-order valence-electron chi connectivity index (χ3n) is 2.89. The second-order valence-electron chi connectivity index (χ2n) is 4.32. The summed E-state index contributed by atoms with van der Waals surface area (Å²) in [6.07, 6.45) is 3.68. The summed E-state index contributed by atoms with van der Waals surface area (Å²) in [6.45, 7) is 0.264. The van der Waals surface area contributed by atoms with E-state index in [1.54, 1.807) is 10.9 Å². The van der Waals surface area contributed by atoms with E-state index in [9.17, 15) is 4.79 Å². The zero-order chi connectivity index (χ0) is 13.9. The first-order valence-electron chi connectivity index (χ1n) is 6.09. The topological polar surface area (TPSA) is 34.9 Å². The van der Waals surface area contributed by atoms with E-state index < -0.39 is 0 Å². The fourth-order valence-corrected chi connectivity index (χ4v) is 3.23. The Morgan fingerprint density at radius 1 is 1.15 bits per heavy atom. The number of hydrogen-bond acceptors (Lipinski definition) is 3. The van der Waals surface area contributed by atoms with E-state index >= 15 is 0 Å². The summed E-state index contributed by atoms with van der Waals surface area (Å²) in [7, 11) is 0. The van der Waals surface area contributed by atoms with Crippen LogP contribution < -0.4 is 0 Å². The molecule has 2 heterocycles. The van der Waals surface area contributed by atoms with Crippen molar-refractivity contribution in [3.63, 3.8) is 0 Å². The number of carbonyl (C=O) groups excluding carboxylic acids is 1. The van der Waals surface area contributed by atoms with E-state index in [0.717, 1.165) is 19.8 Å². The quantitative estimate of drug-likeness (QED) is 0.661. The molecule has 0 saturated heterocycles. The van der Waals surface area contributed by atoms with Crippen molar-refractivity contribution in [1.29, 1.82) is 0 Å². The molecule has 0 saturated carbocycles. The van der Waals surface area contributed by atoms with Crippen molar-refractivity contribution in [2.24, 2.45) is 0 Å². The standard InChI is InChI=1S/C15H11BrN2OS/c16-15-7-6-14(20-15)13(19)10-18-9-12(8-17-18)11-4-2-1-3-5-11/h1-9H,10H2. The Morgan fingerprint density at radius 3 is 2.65 bits per heavy atom. The van der Waals surface area contributed by atoms with E-state index in [-0.39, 0.29) is 12.3 Å². The molecule has 0 radical (unpaired) electrons. The largest absolute Gasteiger partial charge is 0.291 e. The van der Waals surface area contributed by atoms with Crippen LogP contribution in [-0.4, -0.2) is 15.6 Å². The number of thiophene rings is 1. The van der Waals surface area contributed by atoms with Gasteiger partial charge in [-0.1, -0.05) is 30.3 Å². The van der Waals surface area contributed by atoms with Crippen molar-refractivity contribution < 1.29 is 4.79 Å². The summed E-state index contributed by atoms with van der Waals surface area (Å²) >= 11 is 4.81. The normalized spacial score (nSPS) is 10.7. The summed E-state index contributed by atoms with van der Waals surface area (Å²) < 4.78 is 2.64. The zero-order valence-electron chi connectivity index (χ0n) is 10.5. The smallest absolute Gasteiger partial charge is 0.194 e. The molecule has 0 aliphatic carbocycles. The Morgan fingerprint density at radius 2 is 1.95 bits per heavy atom. The molecule has 0 aliphatic rings. The minimum Gasteiger partial charge on any atom is -0.291 e. The van der Waals surface area contributed by atoms with Crippen LogP contribution >= 0.6 is 27.3 Å². The molecule has 0 spiro atoms. The number of rotatable bonds is 4. The van der Waals surface area contributed by atoms with Gasteiger partial charge in [-0.05, 0) is 33.6 Å². The lowest BCUT2D eigenvalue weighted by Gasteiger charge is -1.98. The minimum absolute atomic E-state index is 0.0726. The molecule has 3 aromatic rings. The fraction of sp³-hybridized carbons (Fsp3) is 0.0667. The Kier molecular flexibility index (Phi) is 3.80. The van der Waals surface area contributed by atoms with Crippen LogP contribution in [0.3, 0.4) is 0 Å². The predicted octanol–water partition coefficient (Wildman–Crippen LogP) is 4.26. The molecule has 0 atom stereocenters. The second-order valence-corrected chi connectivity index (χ2v) is 6.78. The van der Waals surface area contributed by atoms with Gasteiger partial charge in [0.1, 0.15) is 6.54 Å². The molecule has 0 bridgehead atoms. The third-order valence-corrected chi connectivity index (χ3v) is 4.56. The van der Waals surface area contributed by atoms with Gasteiger partial charge in [0, 0.05) is 11.8 Å². The highest BCUT2D eigenvalue weighted by Gasteiger charge is 2.10. The van der Waals surface area contributed by atoms with Gasteiger partial charge in [-0.2, -0.15) is 5.10 Å². The van der Waals surface area contributed by atoms with Crippen LogP contribution in [0.1, 0.15) is 9.67 Å². The van der Waals surface area contributed by atoms with Crippen molar-refractivity contribution in [2.45, 2.75) is 6.54 Å². The molecule has 0 amide bonds. The number of halogens is 1. The SMILES string of the molecule is O=C(Cn1cc(-c2ccccc2)cn1)c1ccc(Br)s1. The van der Waals surface area contributed by atoms with Crippen LogP contribution in [-0.2, 0) is 6.54 Å². The molecule has 1 aromatic carbocycles. The van der Waals surface area contributed by atoms with Crippen molar-refractivity contribution >= 4 is 33.0 Å². The number of benzene rings is 1. The van der Waals surface area contributed by atoms with Crippen LogP contribution in [0.2, 0.25) is 0 Å². The summed E-state index contributed by atoms with van der Waals surface area (Å²) in [5.41, 5.74) is 2.12. The monoisotopic (exact) mass is 346 g/mol. The molecule has 0 N–H and O–H groups in total. The number of ketones is 1. The summed E-state index contributed by atoms with van der Waals surface area (Å²) in [5.74, 6) is 0.0726. The first kappa shape index (κ1) is 13.3. The molecule has 0 aliphatic heterocycles. The van der Waals surface area contributed by atoms with Gasteiger partial charge in [0.2, 0.25) is 0 Å². The van der Waals surface area contributed by atoms with E-state index in [1.165, 1.54) is 11.3 Å². The molecule has 3 rings (SSSR count). The molecule has 20 heavy (non-hydrogen) atoms. The number of nitrogens with zero attached hydrogens (tertiary/aromatic N) is 2. The molecule has 0 unspecified atom stereocenters. The van der Waals surface area contributed by atoms with Gasteiger partial charge in [-0.25, -0.2) is 0 Å². The molecule has 2 aromatic heterocycles. The van der Waals surface area contributed by atoms with Gasteiger partial charge in [-0.3, -0.25) is 9.48 Å². The van der Waals surface area contributed by atoms with Gasteiger partial charge in [0.25, 0.3) is 0 Å². The number of aromatic nitrogens is 2. The number of hydrogen-bond donors (Lipinski definition) is 0. The Labute approximate surface area is 129 Å². The van der Waals surface area contributed by atoms with E-state index in [4.69, 9.17) is 0 Å². The average molecular weight is 347 g/mol. The predicted molar refractivity (Wildman–Crippen MR) is 84.0 cm³/mol. The maximum Gasteiger partial charge on any atom is 0.194 e. The molecular formula is C15H11BrN2OS. The van der Waals surface area contributed by atoms with Crippen molar-refractivity contribution in [2.75, 3.05) is 0 Å². The Hall–Kier alpha value is -1.72. The second kappa shape index (κ2) is 5.73. The maximum atomic E-state index is 12.1. The van der Waals surface area contributed by atoms with Gasteiger partial charge in [0.15, 0.2) is 5.78 Å². The summed E-state index contributed by atoms with van der Waals surface area (Å²) in [6, 6.07) is 13.7. The van der Waals surface area contributed by atoms with E-state index in [2.05, 4.69) is 21.0 Å². The lowest BCUT2D eigenvalue weighted by Crippen LogP contribution is -2.09. The van der Waals surface area contributed by atoms with Gasteiger partial charge >= 0.3 is 0 Å². The van der Waals surface area contributed by atoms with Crippen molar-refractivity contribution in [1.82, 2.24) is 9.78 Å². The van der Waals surface area contributed by atoms with E-state index in [1.807, 2.05) is 48.7 Å². The first-order chi connectivity index (χ1) is 9.72. The van der Waals surface area contributed by atoms with Gasteiger partial charge in [0.05, 0.1) is 14.9 Å². The number of Topliss-reactive ketones (excluding diaryl/α,β-unsaturated/α-hetero) is 1. The van der Waals surface area contributed by atoms with Crippen LogP contribution in [0, 0.1) is 0 Å². The lowest BCUT2D eigenvalue weighted by molar-refractivity contribution is 0.0971. The highest BCUT2D eigenvalue weighted by molar-refractivity contribution is 9.11. The third kappa shape index (κ3) is 2.89. The highest BCUT2D eigenvalue weighted by Crippen LogP contribution is 2.23. The average Bonchev–Trinajstić information content (AvgIpc) is 3.09. The molecule has 5 heteroatoms. The molecule has 3 nitrogen and oxygen atoms in total. The molecular weight excluding hydrogens is 336 g/mol. The highest BCUT2D eigenvalue weighted by atomic mass is 79.9. The van der Waals surface area contributed by atoms with Crippen molar-refractivity contribution in [3.05, 3.63) is 63.5 Å².